The van der Waals surface area contributed by atoms with E-state index < -0.39 is 16.0 Å². The summed E-state index contributed by atoms with van der Waals surface area (Å²) in [7, 11) is -3.95. The second kappa shape index (κ2) is 7.77. The quantitative estimate of drug-likeness (QED) is 0.565. The topological polar surface area (TPSA) is 125 Å². The molecule has 3 rings (SSSR count). The maximum Gasteiger partial charge on any atom is 0.339 e. The molecule has 140 valence electrons. The SMILES string of the molecule is NS(=O)(=O)c1ccc(Br)c(C(=O)OCc2nc(-c3ccc(Cl)cc3)no2)c1. The number of sulfonamides is 1. The fraction of sp³-hybridized carbons (Fsp3) is 0.0625. The Hall–Kier alpha value is -2.27. The van der Waals surface area contributed by atoms with Crippen molar-refractivity contribution in [1.29, 1.82) is 0 Å². The number of benzene rings is 2. The summed E-state index contributed by atoms with van der Waals surface area (Å²) >= 11 is 8.99. The molecule has 1 heterocycles. The zero-order valence-corrected chi connectivity index (χ0v) is 16.6. The number of primary sulfonamides is 1. The highest BCUT2D eigenvalue weighted by molar-refractivity contribution is 9.10. The van der Waals surface area contributed by atoms with Gasteiger partial charge >= 0.3 is 5.97 Å². The summed E-state index contributed by atoms with van der Waals surface area (Å²) in [5, 5.41) is 9.45. The third-order valence-electron chi connectivity index (χ3n) is 3.38. The van der Waals surface area contributed by atoms with Crippen molar-refractivity contribution >= 4 is 43.5 Å². The van der Waals surface area contributed by atoms with Crippen LogP contribution in [-0.2, 0) is 21.4 Å². The number of rotatable bonds is 5. The second-order valence-electron chi connectivity index (χ2n) is 5.28. The van der Waals surface area contributed by atoms with Crippen molar-refractivity contribution < 1.29 is 22.5 Å². The Morgan fingerprint density at radius 1 is 1.22 bits per heavy atom. The molecule has 0 fully saturated rings. The van der Waals surface area contributed by atoms with Crippen LogP contribution in [-0.4, -0.2) is 24.5 Å². The summed E-state index contributed by atoms with van der Waals surface area (Å²) in [4.78, 5) is 16.2. The van der Waals surface area contributed by atoms with Crippen LogP contribution < -0.4 is 5.14 Å². The summed E-state index contributed by atoms with van der Waals surface area (Å²) in [6.45, 7) is -0.286. The van der Waals surface area contributed by atoms with E-state index in [1.165, 1.54) is 12.1 Å². The van der Waals surface area contributed by atoms with Crippen LogP contribution in [0, 0.1) is 0 Å². The summed E-state index contributed by atoms with van der Waals surface area (Å²) in [6, 6.07) is 10.6. The third-order valence-corrected chi connectivity index (χ3v) is 5.24. The Bertz CT molecular complexity index is 1100. The highest BCUT2D eigenvalue weighted by Crippen LogP contribution is 2.22. The van der Waals surface area contributed by atoms with Crippen LogP contribution in [0.2, 0.25) is 5.02 Å². The van der Waals surface area contributed by atoms with Gasteiger partial charge < -0.3 is 9.26 Å². The van der Waals surface area contributed by atoms with Gasteiger partial charge in [-0.1, -0.05) is 16.8 Å². The smallest absolute Gasteiger partial charge is 0.339 e. The normalized spacial score (nSPS) is 11.4. The lowest BCUT2D eigenvalue weighted by Crippen LogP contribution is -2.14. The first-order valence-electron chi connectivity index (χ1n) is 7.32. The van der Waals surface area contributed by atoms with Gasteiger partial charge in [-0.25, -0.2) is 18.4 Å². The second-order valence-corrected chi connectivity index (χ2v) is 8.13. The number of hydrogen-bond donors (Lipinski definition) is 1. The molecule has 2 N–H and O–H groups in total. The molecule has 0 bridgehead atoms. The molecule has 0 saturated heterocycles. The highest BCUT2D eigenvalue weighted by atomic mass is 79.9. The van der Waals surface area contributed by atoms with Gasteiger partial charge in [-0.05, 0) is 58.4 Å². The maximum absolute atomic E-state index is 12.2. The molecule has 0 aliphatic heterocycles. The Balaban J connectivity index is 1.72. The van der Waals surface area contributed by atoms with Gasteiger partial charge in [0, 0.05) is 15.1 Å². The van der Waals surface area contributed by atoms with E-state index in [2.05, 4.69) is 26.1 Å². The number of aromatic nitrogens is 2. The van der Waals surface area contributed by atoms with Crippen molar-refractivity contribution in [2.24, 2.45) is 5.14 Å². The van der Waals surface area contributed by atoms with Crippen molar-refractivity contribution in [3.63, 3.8) is 0 Å². The zero-order chi connectivity index (χ0) is 19.6. The molecule has 11 heteroatoms. The lowest BCUT2D eigenvalue weighted by Gasteiger charge is -2.06. The molecule has 0 radical (unpaired) electrons. The Kier molecular flexibility index (Phi) is 5.61. The summed E-state index contributed by atoms with van der Waals surface area (Å²) < 4.78 is 33.4. The minimum absolute atomic E-state index is 0.000958. The molecular weight excluding hydrogens is 462 g/mol. The first kappa shape index (κ1) is 19.5. The third kappa shape index (κ3) is 4.72. The van der Waals surface area contributed by atoms with Crippen molar-refractivity contribution in [2.45, 2.75) is 11.5 Å². The van der Waals surface area contributed by atoms with Gasteiger partial charge in [-0.3, -0.25) is 0 Å². The molecule has 0 amide bonds. The van der Waals surface area contributed by atoms with Crippen LogP contribution in [0.5, 0.6) is 0 Å². The predicted octanol–water partition coefficient (Wildman–Crippen LogP) is 3.16. The molecule has 1 aromatic heterocycles. The molecule has 0 spiro atoms. The molecule has 0 unspecified atom stereocenters. The fourth-order valence-electron chi connectivity index (χ4n) is 2.07. The summed E-state index contributed by atoms with van der Waals surface area (Å²) in [5.41, 5.74) is 0.684. The number of hydrogen-bond acceptors (Lipinski definition) is 7. The van der Waals surface area contributed by atoms with Crippen LogP contribution in [0.15, 0.2) is 56.4 Å². The van der Waals surface area contributed by atoms with Crippen LogP contribution in [0.1, 0.15) is 16.2 Å². The van der Waals surface area contributed by atoms with Gasteiger partial charge in [0.05, 0.1) is 10.5 Å². The van der Waals surface area contributed by atoms with Crippen LogP contribution in [0.4, 0.5) is 0 Å². The first-order chi connectivity index (χ1) is 12.7. The Labute approximate surface area is 167 Å². The first-order valence-corrected chi connectivity index (χ1v) is 10.0. The maximum atomic E-state index is 12.2. The highest BCUT2D eigenvalue weighted by Gasteiger charge is 2.18. The molecule has 8 nitrogen and oxygen atoms in total. The molecular formula is C16H11BrClN3O5S. The average Bonchev–Trinajstić information content (AvgIpc) is 3.08. The number of halogens is 2. The lowest BCUT2D eigenvalue weighted by atomic mass is 10.2. The van der Waals surface area contributed by atoms with Crippen molar-refractivity contribution in [3.05, 3.63) is 63.4 Å². The molecule has 2 aromatic carbocycles. The van der Waals surface area contributed by atoms with Crippen molar-refractivity contribution in [3.8, 4) is 11.4 Å². The predicted molar refractivity (Wildman–Crippen MR) is 99.4 cm³/mol. The van der Waals surface area contributed by atoms with Gasteiger partial charge in [0.1, 0.15) is 0 Å². The minimum Gasteiger partial charge on any atom is -0.452 e. The largest absolute Gasteiger partial charge is 0.452 e. The average molecular weight is 473 g/mol. The number of nitrogens with two attached hydrogens (primary N) is 1. The van der Waals surface area contributed by atoms with E-state index in [1.54, 1.807) is 24.3 Å². The number of carbonyl (C=O) groups is 1. The monoisotopic (exact) mass is 471 g/mol. The molecule has 3 aromatic rings. The van der Waals surface area contributed by atoms with Gasteiger partial charge in [-0.15, -0.1) is 0 Å². The van der Waals surface area contributed by atoms with Crippen LogP contribution in [0.25, 0.3) is 11.4 Å². The number of carbonyl (C=O) groups excluding carboxylic acids is 1. The summed E-state index contributed by atoms with van der Waals surface area (Å²) in [5.74, 6) is -0.388. The van der Waals surface area contributed by atoms with Gasteiger partial charge in [0.25, 0.3) is 5.89 Å². The molecule has 0 atom stereocenters. The van der Waals surface area contributed by atoms with E-state index >= 15 is 0 Å². The van der Waals surface area contributed by atoms with Gasteiger partial charge in [0.15, 0.2) is 6.61 Å². The van der Waals surface area contributed by atoms with E-state index in [4.69, 9.17) is 26.0 Å². The van der Waals surface area contributed by atoms with Crippen molar-refractivity contribution in [1.82, 2.24) is 10.1 Å². The molecule has 0 aliphatic carbocycles. The van der Waals surface area contributed by atoms with Crippen LogP contribution >= 0.6 is 27.5 Å². The number of ether oxygens (including phenoxy) is 1. The number of nitrogens with zero attached hydrogens (tertiary/aromatic N) is 2. The summed E-state index contributed by atoms with van der Waals surface area (Å²) in [6.07, 6.45) is 0. The van der Waals surface area contributed by atoms with E-state index in [-0.39, 0.29) is 23.0 Å². The molecule has 0 aliphatic rings. The van der Waals surface area contributed by atoms with E-state index in [1.807, 2.05) is 0 Å². The van der Waals surface area contributed by atoms with Crippen LogP contribution in [0.3, 0.4) is 0 Å². The standard InChI is InChI=1S/C16H11BrClN3O5S/c17-13-6-5-11(27(19,23)24)7-12(13)16(22)25-8-14-20-15(21-26-14)9-1-3-10(18)4-2-9/h1-7H,8H2,(H2,19,23,24). The molecule has 27 heavy (non-hydrogen) atoms. The van der Waals surface area contributed by atoms with E-state index in [9.17, 15) is 13.2 Å². The van der Waals surface area contributed by atoms with Gasteiger partial charge in [0.2, 0.25) is 15.8 Å². The lowest BCUT2D eigenvalue weighted by molar-refractivity contribution is 0.0428. The minimum atomic E-state index is -3.95. The van der Waals surface area contributed by atoms with Crippen molar-refractivity contribution in [2.75, 3.05) is 0 Å². The Morgan fingerprint density at radius 3 is 2.59 bits per heavy atom. The van der Waals surface area contributed by atoms with E-state index in [0.29, 0.717) is 20.9 Å². The fourth-order valence-corrected chi connectivity index (χ4v) is 3.15. The zero-order valence-electron chi connectivity index (χ0n) is 13.4. The Morgan fingerprint density at radius 2 is 1.93 bits per heavy atom. The van der Waals surface area contributed by atoms with Gasteiger partial charge in [-0.2, -0.15) is 4.98 Å². The van der Waals surface area contributed by atoms with E-state index in [0.717, 1.165) is 6.07 Å². The molecule has 0 saturated carbocycles. The number of esters is 1.